The van der Waals surface area contributed by atoms with Gasteiger partial charge in [0.05, 0.1) is 28.4 Å². The smallest absolute Gasteiger partial charge is 0.302 e. The van der Waals surface area contributed by atoms with Gasteiger partial charge in [-0.05, 0) is 120 Å². The molecule has 5 aromatic rings. The molecule has 2 amide bonds. The van der Waals surface area contributed by atoms with Crippen molar-refractivity contribution in [1.29, 1.82) is 0 Å². The van der Waals surface area contributed by atoms with Crippen LogP contribution in [0.15, 0.2) is 94.7 Å². The molecule has 1 heterocycles. The molecule has 1 unspecified atom stereocenters. The topological polar surface area (TPSA) is 148 Å². The summed E-state index contributed by atoms with van der Waals surface area (Å²) < 4.78 is 14.0. The van der Waals surface area contributed by atoms with Crippen LogP contribution in [0.2, 0.25) is 0 Å². The number of carbonyl (C=O) groups excluding carboxylic acids is 2. The van der Waals surface area contributed by atoms with Gasteiger partial charge in [-0.2, -0.15) is 0 Å². The number of amides is 2. The molecular weight excluding hydrogens is 707 g/mol. The average Bonchev–Trinajstić information content (AvgIpc) is 3.17. The number of rotatable bonds is 14. The number of hydrogen-bond donors (Lipinski definition) is 4. The molecule has 12 heteroatoms. The fourth-order valence-electron chi connectivity index (χ4n) is 6.67. The van der Waals surface area contributed by atoms with Crippen LogP contribution in [-0.4, -0.2) is 46.6 Å². The van der Waals surface area contributed by atoms with Crippen LogP contribution >= 0.6 is 0 Å². The Morgan fingerprint density at radius 1 is 0.839 bits per heavy atom. The highest BCUT2D eigenvalue weighted by atomic mass is 16.7. The molecule has 0 aliphatic heterocycles. The van der Waals surface area contributed by atoms with Gasteiger partial charge in [0, 0.05) is 30.8 Å². The largest absolute Gasteiger partial charge is 0.442 e. The molecule has 1 atom stereocenters. The quantitative estimate of drug-likeness (QED) is 0.0672. The van der Waals surface area contributed by atoms with Gasteiger partial charge in [0.25, 0.3) is 11.5 Å². The third kappa shape index (κ3) is 9.32. The molecule has 290 valence electrons. The van der Waals surface area contributed by atoms with Gasteiger partial charge in [0.1, 0.15) is 11.5 Å². The molecule has 0 saturated carbocycles. The minimum atomic E-state index is -0.873. The highest BCUT2D eigenvalue weighted by Gasteiger charge is 2.28. The number of fused-ring (bicyclic) bond motifs is 1. The van der Waals surface area contributed by atoms with Crippen LogP contribution in [0.4, 0.5) is 22.7 Å². The van der Waals surface area contributed by atoms with E-state index < -0.39 is 12.3 Å². The van der Waals surface area contributed by atoms with Gasteiger partial charge >= 0.3 is 6.41 Å². The molecular formula is C44H49N7O5. The molecule has 0 radical (unpaired) electrons. The molecule has 1 aromatic heterocycles. The van der Waals surface area contributed by atoms with Crippen molar-refractivity contribution >= 4 is 40.3 Å². The summed E-state index contributed by atoms with van der Waals surface area (Å²) >= 11 is 0. The first-order valence-electron chi connectivity index (χ1n) is 19.0. The first kappa shape index (κ1) is 39.4. The van der Waals surface area contributed by atoms with Crippen LogP contribution in [0, 0.1) is 20.8 Å². The van der Waals surface area contributed by atoms with E-state index in [-0.39, 0.29) is 28.7 Å². The minimum Gasteiger partial charge on any atom is -0.442 e. The Hall–Kier alpha value is -6.27. The normalized spacial score (nSPS) is 13.0. The van der Waals surface area contributed by atoms with Gasteiger partial charge < -0.3 is 25.4 Å². The van der Waals surface area contributed by atoms with E-state index >= 15 is 0 Å². The van der Waals surface area contributed by atoms with Crippen LogP contribution in [0.25, 0.3) is 5.69 Å². The van der Waals surface area contributed by atoms with E-state index in [0.29, 0.717) is 59.2 Å². The number of aliphatic imine (C=N–C) groups is 1. The zero-order valence-corrected chi connectivity index (χ0v) is 32.8. The van der Waals surface area contributed by atoms with Crippen LogP contribution in [0.5, 0.6) is 11.5 Å². The van der Waals surface area contributed by atoms with Crippen molar-refractivity contribution < 1.29 is 19.1 Å². The number of ether oxygens (including phenoxy) is 2. The zero-order chi connectivity index (χ0) is 39.8. The maximum Gasteiger partial charge on any atom is 0.302 e. The zero-order valence-electron chi connectivity index (χ0n) is 32.8. The summed E-state index contributed by atoms with van der Waals surface area (Å²) in [5, 5.41) is 12.3. The van der Waals surface area contributed by atoms with Crippen molar-refractivity contribution in [2.45, 2.75) is 73.6 Å². The monoisotopic (exact) mass is 755 g/mol. The number of nitrogens with zero attached hydrogens (tertiary/aromatic N) is 3. The number of anilines is 3. The predicted molar refractivity (Wildman–Crippen MR) is 222 cm³/mol. The van der Waals surface area contributed by atoms with E-state index in [9.17, 15) is 14.4 Å². The standard InChI is InChI=1S/C44H49N7O5/c1-7-45-31-19-21-35(28(4)25-31)48-40(41-49-36-17-13-12-16-34(36)43(54)51(41)32-14-10-9-11-15-32)42(53)50-38-26-33(20-22-37(38)47-30(6)52)55-44(46-8-2)56-39-23-18-27(3)24-29(39)5/h9-11,14-15,18-26,44-46H,7-8,12-13,16-17H2,1-6H3,(H,47,52)(H,50,53)/b48-40-. The number of hydrogen-bond acceptors (Lipinski definition) is 9. The first-order valence-corrected chi connectivity index (χ1v) is 19.0. The van der Waals surface area contributed by atoms with Crippen LogP contribution < -0.4 is 36.3 Å². The number of aromatic nitrogens is 2. The fraction of sp³-hybridized carbons (Fsp3) is 0.295. The van der Waals surface area contributed by atoms with E-state index in [1.165, 1.54) is 11.5 Å². The highest BCUT2D eigenvalue weighted by Crippen LogP contribution is 2.30. The van der Waals surface area contributed by atoms with E-state index in [1.807, 2.05) is 101 Å². The lowest BCUT2D eigenvalue weighted by atomic mass is 9.96. The van der Waals surface area contributed by atoms with E-state index in [0.717, 1.165) is 41.8 Å². The third-order valence-electron chi connectivity index (χ3n) is 9.33. The Morgan fingerprint density at radius 2 is 1.62 bits per heavy atom. The number of aryl methyl sites for hydroxylation is 4. The van der Waals surface area contributed by atoms with Gasteiger partial charge in [0.2, 0.25) is 5.91 Å². The van der Waals surface area contributed by atoms with Crippen molar-refractivity contribution in [3.05, 3.63) is 129 Å². The van der Waals surface area contributed by atoms with Gasteiger partial charge in [-0.3, -0.25) is 19.0 Å². The Kier molecular flexibility index (Phi) is 12.6. The Labute approximate surface area is 327 Å². The Morgan fingerprint density at radius 3 is 2.34 bits per heavy atom. The van der Waals surface area contributed by atoms with Gasteiger partial charge in [-0.1, -0.05) is 42.8 Å². The molecule has 6 rings (SSSR count). The second-order valence-corrected chi connectivity index (χ2v) is 13.8. The molecule has 56 heavy (non-hydrogen) atoms. The van der Waals surface area contributed by atoms with Crippen molar-refractivity contribution in [3.63, 3.8) is 0 Å². The van der Waals surface area contributed by atoms with E-state index in [1.54, 1.807) is 18.2 Å². The third-order valence-corrected chi connectivity index (χ3v) is 9.33. The number of nitrogens with one attached hydrogen (secondary N) is 4. The summed E-state index contributed by atoms with van der Waals surface area (Å²) in [4.78, 5) is 51.5. The molecule has 1 aliphatic carbocycles. The maximum atomic E-state index is 14.8. The summed E-state index contributed by atoms with van der Waals surface area (Å²) in [6.45, 7) is 12.5. The summed E-state index contributed by atoms with van der Waals surface area (Å²) in [7, 11) is 0. The second kappa shape index (κ2) is 17.9. The summed E-state index contributed by atoms with van der Waals surface area (Å²) in [6, 6.07) is 25.7. The van der Waals surface area contributed by atoms with E-state index in [4.69, 9.17) is 19.5 Å². The fourth-order valence-corrected chi connectivity index (χ4v) is 6.67. The molecule has 0 bridgehead atoms. The molecule has 0 fully saturated rings. The lowest BCUT2D eigenvalue weighted by Gasteiger charge is -2.23. The van der Waals surface area contributed by atoms with Crippen molar-refractivity contribution in [2.24, 2.45) is 4.99 Å². The van der Waals surface area contributed by atoms with Gasteiger partial charge in [0.15, 0.2) is 11.5 Å². The SMILES string of the molecule is CCNc1ccc(/N=C(\C(=O)Nc2cc(OC(NCC)Oc3ccc(C)cc3C)ccc2NC(C)=O)c2nc3c(c(=O)n2-c2ccccc2)CCCC3)c(C)c1. The maximum absolute atomic E-state index is 14.8. The summed E-state index contributed by atoms with van der Waals surface area (Å²) in [5.74, 6) is 0.133. The van der Waals surface area contributed by atoms with Crippen molar-refractivity contribution in [1.82, 2.24) is 14.9 Å². The van der Waals surface area contributed by atoms with Crippen LogP contribution in [-0.2, 0) is 22.4 Å². The number of para-hydroxylation sites is 1. The second-order valence-electron chi connectivity index (χ2n) is 13.8. The van der Waals surface area contributed by atoms with Gasteiger partial charge in [-0.25, -0.2) is 15.3 Å². The molecule has 4 aromatic carbocycles. The minimum absolute atomic E-state index is 0.0811. The lowest BCUT2D eigenvalue weighted by molar-refractivity contribution is -0.114. The molecule has 12 nitrogen and oxygen atoms in total. The Bertz CT molecular complexity index is 2320. The van der Waals surface area contributed by atoms with Crippen molar-refractivity contribution in [3.8, 4) is 17.2 Å². The molecule has 0 spiro atoms. The van der Waals surface area contributed by atoms with Gasteiger partial charge in [-0.15, -0.1) is 0 Å². The molecule has 1 aliphatic rings. The lowest BCUT2D eigenvalue weighted by Crippen LogP contribution is -2.39. The van der Waals surface area contributed by atoms with Crippen molar-refractivity contribution in [2.75, 3.05) is 29.0 Å². The highest BCUT2D eigenvalue weighted by molar-refractivity contribution is 6.48. The number of carbonyl (C=O) groups is 2. The number of benzene rings is 4. The molecule has 0 saturated heterocycles. The van der Waals surface area contributed by atoms with Crippen LogP contribution in [0.1, 0.15) is 67.4 Å². The summed E-state index contributed by atoms with van der Waals surface area (Å²) in [5.41, 5.74) is 6.44. The average molecular weight is 756 g/mol. The van der Waals surface area contributed by atoms with Crippen LogP contribution in [0.3, 0.4) is 0 Å². The molecule has 4 N–H and O–H groups in total. The summed E-state index contributed by atoms with van der Waals surface area (Å²) in [6.07, 6.45) is 2.10. The Balaban J connectivity index is 1.46. The predicted octanol–water partition coefficient (Wildman–Crippen LogP) is 7.54. The van der Waals surface area contributed by atoms with E-state index in [2.05, 4.69) is 21.3 Å². The first-order chi connectivity index (χ1) is 27.0.